The van der Waals surface area contributed by atoms with Crippen LogP contribution in [0.2, 0.25) is 0 Å². The lowest BCUT2D eigenvalue weighted by atomic mass is 9.92. The van der Waals surface area contributed by atoms with Crippen molar-refractivity contribution in [3.63, 3.8) is 0 Å². The van der Waals surface area contributed by atoms with Gasteiger partial charge in [0.1, 0.15) is 0 Å². The first-order chi connectivity index (χ1) is 19.3. The summed E-state index contributed by atoms with van der Waals surface area (Å²) in [5.74, 6) is 3.13. The summed E-state index contributed by atoms with van der Waals surface area (Å²) in [6, 6.07) is 5.89. The number of terminal acetylenes is 1. The van der Waals surface area contributed by atoms with Crippen molar-refractivity contribution in [2.24, 2.45) is 0 Å². The number of hydrogen-bond donors (Lipinski definition) is 1. The standard InChI is InChI=1S/C31H37N3O3.C3H4/c1-7-9-21(3)24(8-2)13-15-29-33-30(34-37-29)23(5)11-10-22(4)26-12-14-27(31(35)36-6)28(20-26)25-16-18-32-19-17-25;1-3-2/h7-12,14,16,20,32H,1,13,15,17-19H2,2-6H3;1H,2H3/b21-9-,22-10+,23-11+,24-8-;. The number of aryl methyl sites for hydroxylation is 1. The fourth-order valence-electron chi connectivity index (χ4n) is 4.24. The van der Waals surface area contributed by atoms with Gasteiger partial charge in [0.2, 0.25) is 5.89 Å². The summed E-state index contributed by atoms with van der Waals surface area (Å²) in [5, 5.41) is 7.49. The molecule has 0 radical (unpaired) electrons. The van der Waals surface area contributed by atoms with E-state index >= 15 is 0 Å². The first-order valence-corrected chi connectivity index (χ1v) is 13.4. The Morgan fingerprint density at radius 2 is 1.95 bits per heavy atom. The van der Waals surface area contributed by atoms with Gasteiger partial charge in [0.05, 0.1) is 12.7 Å². The van der Waals surface area contributed by atoms with Crippen molar-refractivity contribution in [2.45, 2.75) is 53.9 Å². The number of rotatable bonds is 10. The minimum Gasteiger partial charge on any atom is -0.465 e. The molecule has 1 aliphatic rings. The van der Waals surface area contributed by atoms with Gasteiger partial charge in [0, 0.05) is 13.0 Å². The average molecular weight is 540 g/mol. The molecule has 0 saturated carbocycles. The molecular formula is C34H41N3O3. The predicted molar refractivity (Wildman–Crippen MR) is 165 cm³/mol. The van der Waals surface area contributed by atoms with E-state index in [2.05, 4.69) is 66.4 Å². The van der Waals surface area contributed by atoms with Crippen molar-refractivity contribution in [2.75, 3.05) is 20.2 Å². The maximum absolute atomic E-state index is 12.4. The zero-order chi connectivity index (χ0) is 29.5. The van der Waals surface area contributed by atoms with Gasteiger partial charge >= 0.3 is 5.97 Å². The van der Waals surface area contributed by atoms with Gasteiger partial charge in [0.25, 0.3) is 0 Å². The third kappa shape index (κ3) is 9.21. The summed E-state index contributed by atoms with van der Waals surface area (Å²) in [6.07, 6.45) is 19.1. The van der Waals surface area contributed by atoms with Crippen LogP contribution in [-0.4, -0.2) is 36.3 Å². The Labute approximate surface area is 239 Å². The van der Waals surface area contributed by atoms with E-state index in [0.717, 1.165) is 53.8 Å². The molecule has 0 bridgehead atoms. The number of methoxy groups -OCH3 is 1. The second-order valence-electron chi connectivity index (χ2n) is 9.33. The van der Waals surface area contributed by atoms with Crippen LogP contribution in [0.25, 0.3) is 16.7 Å². The molecule has 2 heterocycles. The molecule has 0 atom stereocenters. The Hall–Kier alpha value is -4.21. The van der Waals surface area contributed by atoms with Crippen molar-refractivity contribution < 1.29 is 14.1 Å². The first-order valence-electron chi connectivity index (χ1n) is 13.4. The van der Waals surface area contributed by atoms with Crippen LogP contribution in [0, 0.1) is 12.3 Å². The Morgan fingerprint density at radius 1 is 1.23 bits per heavy atom. The second kappa shape index (κ2) is 16.7. The van der Waals surface area contributed by atoms with Crippen LogP contribution in [0.4, 0.5) is 0 Å². The van der Waals surface area contributed by atoms with Gasteiger partial charge in [-0.3, -0.25) is 0 Å². The Bertz CT molecular complexity index is 1380. The smallest absolute Gasteiger partial charge is 0.338 e. The molecule has 1 aliphatic heterocycles. The number of hydrogen-bond acceptors (Lipinski definition) is 6. The predicted octanol–water partition coefficient (Wildman–Crippen LogP) is 7.39. The van der Waals surface area contributed by atoms with Crippen LogP contribution in [0.5, 0.6) is 0 Å². The highest BCUT2D eigenvalue weighted by Crippen LogP contribution is 2.28. The first kappa shape index (κ1) is 32.0. The van der Waals surface area contributed by atoms with Crippen LogP contribution in [-0.2, 0) is 11.2 Å². The molecule has 0 amide bonds. The third-order valence-electron chi connectivity index (χ3n) is 6.53. The van der Waals surface area contributed by atoms with Crippen LogP contribution < -0.4 is 5.32 Å². The number of esters is 1. The lowest BCUT2D eigenvalue weighted by Gasteiger charge is -2.18. The lowest BCUT2D eigenvalue weighted by molar-refractivity contribution is 0.0600. The van der Waals surface area contributed by atoms with E-state index in [9.17, 15) is 4.79 Å². The molecule has 6 nitrogen and oxygen atoms in total. The molecule has 1 N–H and O–H groups in total. The molecule has 0 fully saturated rings. The number of nitrogens with zero attached hydrogens (tertiary/aromatic N) is 2. The molecule has 2 aromatic rings. The summed E-state index contributed by atoms with van der Waals surface area (Å²) < 4.78 is 10.5. The zero-order valence-corrected chi connectivity index (χ0v) is 24.6. The van der Waals surface area contributed by atoms with Crippen molar-refractivity contribution in [3.05, 3.63) is 101 Å². The average Bonchev–Trinajstić information content (AvgIpc) is 3.45. The summed E-state index contributed by atoms with van der Waals surface area (Å²) in [7, 11) is 1.42. The number of ether oxygens (including phenoxy) is 1. The van der Waals surface area contributed by atoms with Crippen molar-refractivity contribution in [1.29, 1.82) is 0 Å². The molecule has 210 valence electrons. The van der Waals surface area contributed by atoms with Crippen LogP contribution >= 0.6 is 0 Å². The highest BCUT2D eigenvalue weighted by atomic mass is 16.5. The Balaban J connectivity index is 0.00000178. The number of nitrogens with one attached hydrogen (secondary N) is 1. The maximum Gasteiger partial charge on any atom is 0.338 e. The van der Waals surface area contributed by atoms with E-state index < -0.39 is 0 Å². The van der Waals surface area contributed by atoms with E-state index in [1.54, 1.807) is 13.0 Å². The summed E-state index contributed by atoms with van der Waals surface area (Å²) in [4.78, 5) is 17.0. The molecule has 6 heteroatoms. The maximum atomic E-state index is 12.4. The number of benzene rings is 1. The van der Waals surface area contributed by atoms with Crippen molar-refractivity contribution in [3.8, 4) is 12.3 Å². The Kier molecular flexibility index (Phi) is 13.4. The van der Waals surface area contributed by atoms with Gasteiger partial charge in [-0.1, -0.05) is 54.3 Å². The zero-order valence-electron chi connectivity index (χ0n) is 24.6. The number of aromatic nitrogens is 2. The Morgan fingerprint density at radius 3 is 2.58 bits per heavy atom. The third-order valence-corrected chi connectivity index (χ3v) is 6.53. The van der Waals surface area contributed by atoms with E-state index in [1.165, 1.54) is 18.3 Å². The molecule has 0 aliphatic carbocycles. The van der Waals surface area contributed by atoms with Gasteiger partial charge in [-0.25, -0.2) is 4.79 Å². The SMILES string of the molecule is C#CC.C=C/C=C(C)\C(=C/C)CCc1nc(/C(C)=C/C=C(\C)c2ccc(C(=O)OC)c(C3=CCNCC3)c2)no1. The molecule has 0 unspecified atom stereocenters. The van der Waals surface area contributed by atoms with Gasteiger partial charge in [-0.15, -0.1) is 12.3 Å². The van der Waals surface area contributed by atoms with Gasteiger partial charge in [-0.2, -0.15) is 4.98 Å². The van der Waals surface area contributed by atoms with Crippen LogP contribution in [0.3, 0.4) is 0 Å². The van der Waals surface area contributed by atoms with E-state index in [-0.39, 0.29) is 5.97 Å². The van der Waals surface area contributed by atoms with Crippen molar-refractivity contribution in [1.82, 2.24) is 15.5 Å². The van der Waals surface area contributed by atoms with Crippen molar-refractivity contribution >= 4 is 22.7 Å². The van der Waals surface area contributed by atoms with Gasteiger partial charge in [-0.05, 0) is 105 Å². The summed E-state index contributed by atoms with van der Waals surface area (Å²) in [6.45, 7) is 15.2. The minimum atomic E-state index is -0.320. The number of allylic oxidation sites excluding steroid dienone is 9. The quantitative estimate of drug-likeness (QED) is 0.193. The van der Waals surface area contributed by atoms with E-state index in [1.807, 2.05) is 44.2 Å². The topological polar surface area (TPSA) is 77.2 Å². The lowest BCUT2D eigenvalue weighted by Crippen LogP contribution is -2.21. The van der Waals surface area contributed by atoms with E-state index in [4.69, 9.17) is 9.26 Å². The normalized spacial score (nSPS) is 14.5. The van der Waals surface area contributed by atoms with Crippen LogP contribution in [0.15, 0.2) is 76.9 Å². The highest BCUT2D eigenvalue weighted by molar-refractivity contribution is 5.96. The van der Waals surface area contributed by atoms with Gasteiger partial charge in [0.15, 0.2) is 5.82 Å². The van der Waals surface area contributed by atoms with Gasteiger partial charge < -0.3 is 14.6 Å². The molecule has 40 heavy (non-hydrogen) atoms. The highest BCUT2D eigenvalue weighted by Gasteiger charge is 2.17. The molecule has 0 saturated heterocycles. The number of carbonyl (C=O) groups is 1. The van der Waals surface area contributed by atoms with E-state index in [0.29, 0.717) is 23.7 Å². The molecule has 3 rings (SSSR count). The molecule has 1 aromatic carbocycles. The molecular weight excluding hydrogens is 498 g/mol. The fraction of sp³-hybridized carbons (Fsp3) is 0.324. The largest absolute Gasteiger partial charge is 0.465 e. The number of carbonyl (C=O) groups excluding carboxylic acids is 1. The minimum absolute atomic E-state index is 0.320. The van der Waals surface area contributed by atoms with Crippen LogP contribution in [0.1, 0.15) is 80.7 Å². The summed E-state index contributed by atoms with van der Waals surface area (Å²) in [5.41, 5.74) is 8.14. The molecule has 0 spiro atoms. The summed E-state index contributed by atoms with van der Waals surface area (Å²) >= 11 is 0. The molecule has 1 aromatic heterocycles. The fourth-order valence-corrected chi connectivity index (χ4v) is 4.24. The second-order valence-corrected chi connectivity index (χ2v) is 9.33. The monoisotopic (exact) mass is 539 g/mol.